The highest BCUT2D eigenvalue weighted by Gasteiger charge is 2.15. The average molecular weight is 256 g/mol. The molecule has 98 valence electrons. The number of fused-ring (bicyclic) bond motifs is 1. The number of amides is 1. The Morgan fingerprint density at radius 2 is 2.26 bits per heavy atom. The highest BCUT2D eigenvalue weighted by molar-refractivity contribution is 5.91. The molecule has 3 heterocycles. The molecule has 0 unspecified atom stereocenters. The van der Waals surface area contributed by atoms with E-state index in [4.69, 9.17) is 0 Å². The van der Waals surface area contributed by atoms with Gasteiger partial charge in [0.1, 0.15) is 11.6 Å². The van der Waals surface area contributed by atoms with Gasteiger partial charge in [-0.15, -0.1) is 0 Å². The summed E-state index contributed by atoms with van der Waals surface area (Å²) in [5.74, 6) is 1.82. The molecule has 1 aliphatic rings. The first-order chi connectivity index (χ1) is 9.33. The van der Waals surface area contributed by atoms with Crippen LogP contribution in [-0.2, 0) is 24.2 Å². The summed E-state index contributed by atoms with van der Waals surface area (Å²) in [6.07, 6.45) is 7.06. The van der Waals surface area contributed by atoms with Crippen LogP contribution in [0.3, 0.4) is 0 Å². The van der Waals surface area contributed by atoms with Crippen LogP contribution in [0.5, 0.6) is 0 Å². The standard InChI is InChI=1S/C14H16N4O/c19-14(9-11-5-1-3-7-15-11)17-13-10-16-12-6-2-4-8-18(12)13/h1,3,5,7,10H,2,4,6,8-9H2,(H,17,19). The predicted octanol–water partition coefficient (Wildman–Crippen LogP) is 1.80. The first-order valence-corrected chi connectivity index (χ1v) is 6.57. The van der Waals surface area contributed by atoms with Crippen molar-refractivity contribution in [3.8, 4) is 0 Å². The maximum absolute atomic E-state index is 12.0. The fraction of sp³-hybridized carbons (Fsp3) is 0.357. The third kappa shape index (κ3) is 2.65. The van der Waals surface area contributed by atoms with Gasteiger partial charge in [-0.3, -0.25) is 9.78 Å². The first-order valence-electron chi connectivity index (χ1n) is 6.57. The van der Waals surface area contributed by atoms with E-state index in [0.717, 1.165) is 36.7 Å². The van der Waals surface area contributed by atoms with Crippen LogP contribution in [0.4, 0.5) is 5.82 Å². The van der Waals surface area contributed by atoms with Crippen molar-refractivity contribution in [3.63, 3.8) is 0 Å². The van der Waals surface area contributed by atoms with Crippen LogP contribution in [0.25, 0.3) is 0 Å². The molecule has 1 N–H and O–H groups in total. The topological polar surface area (TPSA) is 59.8 Å². The van der Waals surface area contributed by atoms with Crippen molar-refractivity contribution in [1.29, 1.82) is 0 Å². The van der Waals surface area contributed by atoms with Crippen molar-refractivity contribution in [3.05, 3.63) is 42.1 Å². The van der Waals surface area contributed by atoms with Crippen molar-refractivity contribution in [2.45, 2.75) is 32.2 Å². The van der Waals surface area contributed by atoms with Crippen molar-refractivity contribution < 1.29 is 4.79 Å². The Morgan fingerprint density at radius 3 is 3.11 bits per heavy atom. The number of carbonyl (C=O) groups excluding carboxylic acids is 1. The molecule has 5 heteroatoms. The smallest absolute Gasteiger partial charge is 0.231 e. The van der Waals surface area contributed by atoms with Gasteiger partial charge in [0.05, 0.1) is 12.6 Å². The molecule has 2 aromatic heterocycles. The van der Waals surface area contributed by atoms with Gasteiger partial charge in [0.25, 0.3) is 0 Å². The number of pyridine rings is 1. The van der Waals surface area contributed by atoms with Crippen molar-refractivity contribution >= 4 is 11.7 Å². The van der Waals surface area contributed by atoms with Crippen LogP contribution >= 0.6 is 0 Å². The Labute approximate surface area is 111 Å². The van der Waals surface area contributed by atoms with Crippen LogP contribution in [0.15, 0.2) is 30.6 Å². The number of carbonyl (C=O) groups is 1. The lowest BCUT2D eigenvalue weighted by Gasteiger charge is -2.16. The molecule has 19 heavy (non-hydrogen) atoms. The zero-order valence-electron chi connectivity index (χ0n) is 10.7. The molecule has 0 spiro atoms. The van der Waals surface area contributed by atoms with Gasteiger partial charge in [0.2, 0.25) is 5.91 Å². The van der Waals surface area contributed by atoms with Gasteiger partial charge < -0.3 is 9.88 Å². The second kappa shape index (κ2) is 5.22. The van der Waals surface area contributed by atoms with Gasteiger partial charge >= 0.3 is 0 Å². The van der Waals surface area contributed by atoms with Crippen LogP contribution < -0.4 is 5.32 Å². The molecule has 0 aromatic carbocycles. The van der Waals surface area contributed by atoms with E-state index < -0.39 is 0 Å². The molecule has 0 bridgehead atoms. The van der Waals surface area contributed by atoms with Gasteiger partial charge in [-0.1, -0.05) is 6.07 Å². The third-order valence-corrected chi connectivity index (χ3v) is 3.31. The summed E-state index contributed by atoms with van der Waals surface area (Å²) >= 11 is 0. The number of imidazole rings is 1. The van der Waals surface area contributed by atoms with E-state index in [2.05, 4.69) is 19.9 Å². The Kier molecular flexibility index (Phi) is 3.27. The molecule has 2 aromatic rings. The summed E-state index contributed by atoms with van der Waals surface area (Å²) in [4.78, 5) is 20.5. The molecule has 3 rings (SSSR count). The first kappa shape index (κ1) is 11.9. The number of rotatable bonds is 3. The molecule has 0 fully saturated rings. The summed E-state index contributed by atoms with van der Waals surface area (Å²) in [7, 11) is 0. The van der Waals surface area contributed by atoms with Crippen LogP contribution in [0.1, 0.15) is 24.4 Å². The number of nitrogens with zero attached hydrogens (tertiary/aromatic N) is 3. The van der Waals surface area contributed by atoms with Crippen LogP contribution in [0.2, 0.25) is 0 Å². The summed E-state index contributed by atoms with van der Waals surface area (Å²) in [5.41, 5.74) is 0.776. The second-order valence-corrected chi connectivity index (χ2v) is 4.71. The lowest BCUT2D eigenvalue weighted by atomic mass is 10.2. The molecular weight excluding hydrogens is 240 g/mol. The minimum absolute atomic E-state index is 0.0491. The Morgan fingerprint density at radius 1 is 1.32 bits per heavy atom. The zero-order chi connectivity index (χ0) is 13.1. The van der Waals surface area contributed by atoms with Gasteiger partial charge in [0, 0.05) is 24.9 Å². The maximum atomic E-state index is 12.0. The van der Waals surface area contributed by atoms with Gasteiger partial charge in [-0.05, 0) is 25.0 Å². The molecule has 0 atom stereocenters. The van der Waals surface area contributed by atoms with E-state index in [9.17, 15) is 4.79 Å². The molecule has 0 radical (unpaired) electrons. The molecular formula is C14H16N4O. The van der Waals surface area contributed by atoms with E-state index >= 15 is 0 Å². The highest BCUT2D eigenvalue weighted by atomic mass is 16.1. The molecule has 1 aliphatic heterocycles. The van der Waals surface area contributed by atoms with Crippen molar-refractivity contribution in [2.75, 3.05) is 5.32 Å². The van der Waals surface area contributed by atoms with Gasteiger partial charge in [0.15, 0.2) is 0 Å². The number of anilines is 1. The zero-order valence-corrected chi connectivity index (χ0v) is 10.7. The Bertz CT molecular complexity index is 576. The number of aromatic nitrogens is 3. The SMILES string of the molecule is O=C(Cc1ccccn1)Nc1cnc2n1CCCC2. The Hall–Kier alpha value is -2.17. The minimum atomic E-state index is -0.0491. The van der Waals surface area contributed by atoms with Crippen molar-refractivity contribution in [1.82, 2.24) is 14.5 Å². The predicted molar refractivity (Wildman–Crippen MR) is 71.7 cm³/mol. The largest absolute Gasteiger partial charge is 0.315 e. The lowest BCUT2D eigenvalue weighted by Crippen LogP contribution is -2.19. The summed E-state index contributed by atoms with van der Waals surface area (Å²) < 4.78 is 2.10. The van der Waals surface area contributed by atoms with E-state index in [1.807, 2.05) is 18.2 Å². The summed E-state index contributed by atoms with van der Waals surface area (Å²) in [6, 6.07) is 5.58. The van der Waals surface area contributed by atoms with E-state index in [-0.39, 0.29) is 5.91 Å². The number of aryl methyl sites for hydroxylation is 1. The van der Waals surface area contributed by atoms with Crippen molar-refractivity contribution in [2.24, 2.45) is 0 Å². The van der Waals surface area contributed by atoms with Crippen LogP contribution in [0, 0.1) is 0 Å². The van der Waals surface area contributed by atoms with E-state index in [1.165, 1.54) is 6.42 Å². The average Bonchev–Trinajstić information content (AvgIpc) is 2.83. The molecule has 0 saturated carbocycles. The fourth-order valence-electron chi connectivity index (χ4n) is 2.37. The summed E-state index contributed by atoms with van der Waals surface area (Å²) in [5, 5.41) is 2.92. The molecule has 0 saturated heterocycles. The van der Waals surface area contributed by atoms with Gasteiger partial charge in [-0.25, -0.2) is 4.98 Å². The number of nitrogens with one attached hydrogen (secondary N) is 1. The monoisotopic (exact) mass is 256 g/mol. The number of hydrogen-bond donors (Lipinski definition) is 1. The highest BCUT2D eigenvalue weighted by Crippen LogP contribution is 2.19. The molecule has 0 aliphatic carbocycles. The lowest BCUT2D eigenvalue weighted by molar-refractivity contribution is -0.115. The quantitative estimate of drug-likeness (QED) is 0.910. The second-order valence-electron chi connectivity index (χ2n) is 4.71. The van der Waals surface area contributed by atoms with E-state index in [1.54, 1.807) is 12.4 Å². The summed E-state index contributed by atoms with van der Waals surface area (Å²) in [6.45, 7) is 0.939. The van der Waals surface area contributed by atoms with E-state index in [0.29, 0.717) is 6.42 Å². The number of hydrogen-bond acceptors (Lipinski definition) is 3. The normalized spacial score (nSPS) is 13.9. The van der Waals surface area contributed by atoms with Crippen LogP contribution in [-0.4, -0.2) is 20.4 Å². The third-order valence-electron chi connectivity index (χ3n) is 3.31. The molecule has 5 nitrogen and oxygen atoms in total. The van der Waals surface area contributed by atoms with Gasteiger partial charge in [-0.2, -0.15) is 0 Å². The molecule has 1 amide bonds. The maximum Gasteiger partial charge on any atom is 0.231 e. The minimum Gasteiger partial charge on any atom is -0.315 e. The Balaban J connectivity index is 1.68. The fourth-order valence-corrected chi connectivity index (χ4v) is 2.37.